The van der Waals surface area contributed by atoms with Crippen LogP contribution in [0.3, 0.4) is 0 Å². The van der Waals surface area contributed by atoms with Gasteiger partial charge in [-0.2, -0.15) is 10.4 Å². The number of nitriles is 1. The Kier molecular flexibility index (Phi) is 5.52. The van der Waals surface area contributed by atoms with E-state index in [1.807, 2.05) is 6.07 Å². The third kappa shape index (κ3) is 3.78. The Balaban J connectivity index is 1.77. The highest BCUT2D eigenvalue weighted by molar-refractivity contribution is 6.10. The smallest absolute Gasteiger partial charge is 0.266 e. The molecule has 1 aliphatic rings. The monoisotopic (exact) mass is 409 g/mol. The molecule has 1 aromatic heterocycles. The van der Waals surface area contributed by atoms with Crippen molar-refractivity contribution >= 4 is 17.3 Å². The van der Waals surface area contributed by atoms with Gasteiger partial charge >= 0.3 is 0 Å². The van der Waals surface area contributed by atoms with Crippen LogP contribution in [0.1, 0.15) is 27.6 Å². The molecule has 2 aromatic carbocycles. The number of halogens is 2. The van der Waals surface area contributed by atoms with Gasteiger partial charge in [0.25, 0.3) is 5.91 Å². The molecule has 0 spiro atoms. The number of carbonyl (C=O) groups excluding carboxylic acids is 1. The molecule has 0 unspecified atom stereocenters. The van der Waals surface area contributed by atoms with Crippen LogP contribution in [0.5, 0.6) is 0 Å². The van der Waals surface area contributed by atoms with E-state index in [1.54, 1.807) is 0 Å². The highest BCUT2D eigenvalue weighted by Crippen LogP contribution is 2.33. The van der Waals surface area contributed by atoms with Crippen molar-refractivity contribution in [2.75, 3.05) is 24.6 Å². The van der Waals surface area contributed by atoms with Crippen LogP contribution in [0.2, 0.25) is 0 Å². The van der Waals surface area contributed by atoms with E-state index >= 15 is 0 Å². The molecule has 1 atom stereocenters. The molecule has 0 saturated carbocycles. The summed E-state index contributed by atoms with van der Waals surface area (Å²) in [4.78, 5) is 14.1. The lowest BCUT2D eigenvalue weighted by atomic mass is 10.1. The van der Waals surface area contributed by atoms with Crippen molar-refractivity contribution in [3.05, 3.63) is 77.1 Å². The SMILES string of the molecule is N#Cc1ccc(N(C(=O)c2cn[nH]c2)c2ccc([C@H]3CNCCO3)c(F)c2)c(F)c1. The lowest BCUT2D eigenvalue weighted by Gasteiger charge is -2.26. The summed E-state index contributed by atoms with van der Waals surface area (Å²) in [6, 6.07) is 9.80. The summed E-state index contributed by atoms with van der Waals surface area (Å²) in [6.45, 7) is 1.63. The molecule has 2 heterocycles. The van der Waals surface area contributed by atoms with Gasteiger partial charge in [-0.1, -0.05) is 6.07 Å². The first-order valence-corrected chi connectivity index (χ1v) is 9.23. The fourth-order valence-corrected chi connectivity index (χ4v) is 3.30. The van der Waals surface area contributed by atoms with Crippen LogP contribution in [-0.4, -0.2) is 35.8 Å². The maximum Gasteiger partial charge on any atom is 0.266 e. The first-order chi connectivity index (χ1) is 14.6. The Bertz CT molecular complexity index is 1110. The van der Waals surface area contributed by atoms with E-state index < -0.39 is 23.6 Å². The zero-order valence-corrected chi connectivity index (χ0v) is 15.7. The summed E-state index contributed by atoms with van der Waals surface area (Å²) in [5, 5.41) is 18.4. The van der Waals surface area contributed by atoms with Crippen molar-refractivity contribution in [2.45, 2.75) is 6.10 Å². The van der Waals surface area contributed by atoms with Gasteiger partial charge in [0.05, 0.1) is 47.5 Å². The number of carbonyl (C=O) groups is 1. The van der Waals surface area contributed by atoms with E-state index in [4.69, 9.17) is 10.00 Å². The molecule has 30 heavy (non-hydrogen) atoms. The van der Waals surface area contributed by atoms with E-state index in [9.17, 15) is 13.6 Å². The van der Waals surface area contributed by atoms with Crippen molar-refractivity contribution in [2.24, 2.45) is 0 Å². The minimum atomic E-state index is -0.782. The van der Waals surface area contributed by atoms with Crippen molar-refractivity contribution in [1.82, 2.24) is 15.5 Å². The van der Waals surface area contributed by atoms with Crippen LogP contribution in [0, 0.1) is 23.0 Å². The molecular formula is C21H17F2N5O2. The number of aromatic amines is 1. The fraction of sp³-hybridized carbons (Fsp3) is 0.190. The molecule has 152 valence electrons. The number of anilines is 2. The normalized spacial score (nSPS) is 16.1. The Morgan fingerprint density at radius 2 is 2.10 bits per heavy atom. The van der Waals surface area contributed by atoms with Gasteiger partial charge in [-0.25, -0.2) is 8.78 Å². The summed E-state index contributed by atoms with van der Waals surface area (Å²) in [5.41, 5.74) is 0.651. The molecule has 0 aliphatic carbocycles. The molecule has 0 radical (unpaired) electrons. The average molecular weight is 409 g/mol. The van der Waals surface area contributed by atoms with E-state index in [0.717, 1.165) is 11.0 Å². The molecule has 1 aliphatic heterocycles. The standard InChI is InChI=1S/C21H17F2N5O2/c22-17-8-15(2-3-16(17)20-12-25-5-6-30-20)28(21(29)14-10-26-27-11-14)19-4-1-13(9-24)7-18(19)23/h1-4,7-8,10-11,20,25H,5-6,12H2,(H,26,27)/t20-/m1/s1. The lowest BCUT2D eigenvalue weighted by Crippen LogP contribution is -2.34. The van der Waals surface area contributed by atoms with Gasteiger partial charge in [0.2, 0.25) is 0 Å². The number of hydrogen-bond donors (Lipinski definition) is 2. The number of aromatic nitrogens is 2. The molecule has 9 heteroatoms. The number of morpholine rings is 1. The first-order valence-electron chi connectivity index (χ1n) is 9.23. The highest BCUT2D eigenvalue weighted by Gasteiger charge is 2.26. The van der Waals surface area contributed by atoms with Gasteiger partial charge in [0, 0.05) is 24.8 Å². The second kappa shape index (κ2) is 8.41. The fourth-order valence-electron chi connectivity index (χ4n) is 3.30. The number of H-pyrrole nitrogens is 1. The average Bonchev–Trinajstić information content (AvgIpc) is 3.30. The molecule has 7 nitrogen and oxygen atoms in total. The first kappa shape index (κ1) is 19.7. The number of ether oxygens (including phenoxy) is 1. The Labute approximate surface area is 170 Å². The second-order valence-corrected chi connectivity index (χ2v) is 6.67. The van der Waals surface area contributed by atoms with Crippen LogP contribution in [0.15, 0.2) is 48.8 Å². The molecular weight excluding hydrogens is 392 g/mol. The van der Waals surface area contributed by atoms with Crippen LogP contribution in [0.4, 0.5) is 20.2 Å². The number of rotatable bonds is 4. The molecule has 1 amide bonds. The molecule has 3 aromatic rings. The maximum absolute atomic E-state index is 14.9. The Hall–Kier alpha value is -3.61. The predicted octanol–water partition coefficient (Wildman–Crippen LogP) is 3.20. The summed E-state index contributed by atoms with van der Waals surface area (Å²) < 4.78 is 35.3. The van der Waals surface area contributed by atoms with Crippen molar-refractivity contribution in [3.63, 3.8) is 0 Å². The summed E-state index contributed by atoms with van der Waals surface area (Å²) in [6.07, 6.45) is 2.21. The van der Waals surface area contributed by atoms with E-state index in [1.165, 1.54) is 42.7 Å². The van der Waals surface area contributed by atoms with Crippen molar-refractivity contribution in [1.29, 1.82) is 5.26 Å². The topological polar surface area (TPSA) is 94.0 Å². The van der Waals surface area contributed by atoms with Gasteiger partial charge < -0.3 is 10.1 Å². The van der Waals surface area contributed by atoms with Gasteiger partial charge in [0.1, 0.15) is 11.6 Å². The minimum Gasteiger partial charge on any atom is -0.371 e. The number of amides is 1. The largest absolute Gasteiger partial charge is 0.371 e. The van der Waals surface area contributed by atoms with Crippen LogP contribution >= 0.6 is 0 Å². The zero-order chi connectivity index (χ0) is 21.1. The molecule has 2 N–H and O–H groups in total. The number of hydrogen-bond acceptors (Lipinski definition) is 5. The van der Waals surface area contributed by atoms with E-state index in [-0.39, 0.29) is 22.5 Å². The summed E-state index contributed by atoms with van der Waals surface area (Å²) in [7, 11) is 0. The van der Waals surface area contributed by atoms with E-state index in [2.05, 4.69) is 15.5 Å². The van der Waals surface area contributed by atoms with Crippen LogP contribution in [0.25, 0.3) is 0 Å². The number of benzene rings is 2. The predicted molar refractivity (Wildman–Crippen MR) is 104 cm³/mol. The van der Waals surface area contributed by atoms with Gasteiger partial charge in [0.15, 0.2) is 0 Å². The molecule has 4 rings (SSSR count). The summed E-state index contributed by atoms with van der Waals surface area (Å²) in [5.74, 6) is -1.95. The molecule has 1 saturated heterocycles. The van der Waals surface area contributed by atoms with Crippen LogP contribution in [-0.2, 0) is 4.74 Å². The van der Waals surface area contributed by atoms with Crippen molar-refractivity contribution in [3.8, 4) is 6.07 Å². The second-order valence-electron chi connectivity index (χ2n) is 6.67. The van der Waals surface area contributed by atoms with E-state index in [0.29, 0.717) is 25.3 Å². The Morgan fingerprint density at radius 3 is 2.73 bits per heavy atom. The Morgan fingerprint density at radius 1 is 1.23 bits per heavy atom. The van der Waals surface area contributed by atoms with Crippen molar-refractivity contribution < 1.29 is 18.3 Å². The zero-order valence-electron chi connectivity index (χ0n) is 15.7. The molecule has 1 fully saturated rings. The number of nitrogens with one attached hydrogen (secondary N) is 2. The summed E-state index contributed by atoms with van der Waals surface area (Å²) >= 11 is 0. The highest BCUT2D eigenvalue weighted by atomic mass is 19.1. The van der Waals surface area contributed by atoms with Crippen LogP contribution < -0.4 is 10.2 Å². The lowest BCUT2D eigenvalue weighted by molar-refractivity contribution is 0.0255. The van der Waals surface area contributed by atoms with Gasteiger partial charge in [-0.05, 0) is 30.3 Å². The molecule has 0 bridgehead atoms. The minimum absolute atomic E-state index is 0.107. The third-order valence-electron chi connectivity index (χ3n) is 4.78. The van der Waals surface area contributed by atoms with Gasteiger partial charge in [-0.3, -0.25) is 14.8 Å². The third-order valence-corrected chi connectivity index (χ3v) is 4.78. The maximum atomic E-state index is 14.9. The quantitative estimate of drug-likeness (QED) is 0.690. The van der Waals surface area contributed by atoms with Gasteiger partial charge in [-0.15, -0.1) is 0 Å². The number of nitrogens with zero attached hydrogens (tertiary/aromatic N) is 3.